The van der Waals surface area contributed by atoms with E-state index in [0.29, 0.717) is 6.54 Å². The van der Waals surface area contributed by atoms with Gasteiger partial charge in [0.2, 0.25) is 0 Å². The predicted molar refractivity (Wildman–Crippen MR) is 85.4 cm³/mol. The van der Waals surface area contributed by atoms with Crippen LogP contribution in [-0.4, -0.2) is 13.3 Å². The maximum Gasteiger partial charge on any atom is 0.0464 e. The molecule has 19 heavy (non-hydrogen) atoms. The number of hydrogen-bond acceptors (Lipinski definition) is 3. The molecular formula is C16H20N2S. The van der Waals surface area contributed by atoms with E-state index in [9.17, 15) is 0 Å². The van der Waals surface area contributed by atoms with Gasteiger partial charge in [0.05, 0.1) is 0 Å². The van der Waals surface area contributed by atoms with Gasteiger partial charge in [-0.05, 0) is 43.0 Å². The van der Waals surface area contributed by atoms with Crippen LogP contribution in [0.3, 0.4) is 0 Å². The zero-order valence-electron chi connectivity index (χ0n) is 11.7. The highest BCUT2D eigenvalue weighted by Gasteiger charge is 2.11. The van der Waals surface area contributed by atoms with Gasteiger partial charge in [0, 0.05) is 35.4 Å². The molecule has 2 nitrogen and oxygen atoms in total. The molecule has 0 amide bonds. The van der Waals surface area contributed by atoms with Crippen molar-refractivity contribution in [3.63, 3.8) is 0 Å². The van der Waals surface area contributed by atoms with Gasteiger partial charge in [0.1, 0.15) is 0 Å². The van der Waals surface area contributed by atoms with Crippen molar-refractivity contribution in [1.29, 1.82) is 0 Å². The molecule has 0 atom stereocenters. The monoisotopic (exact) mass is 272 g/mol. The number of hydrogen-bond donors (Lipinski definition) is 1. The minimum atomic E-state index is 0.558. The Hall–Kier alpha value is -1.45. The van der Waals surface area contributed by atoms with Crippen molar-refractivity contribution in [1.82, 2.24) is 0 Å². The van der Waals surface area contributed by atoms with Gasteiger partial charge >= 0.3 is 0 Å². The average molecular weight is 272 g/mol. The number of nitrogens with zero attached hydrogens (tertiary/aromatic N) is 1. The van der Waals surface area contributed by atoms with E-state index in [1.165, 1.54) is 27.4 Å². The van der Waals surface area contributed by atoms with Gasteiger partial charge in [-0.25, -0.2) is 0 Å². The highest BCUT2D eigenvalue weighted by atomic mass is 32.2. The summed E-state index contributed by atoms with van der Waals surface area (Å²) in [5, 5.41) is 0. The Morgan fingerprint density at radius 3 is 2.53 bits per heavy atom. The fourth-order valence-electron chi connectivity index (χ4n) is 2.24. The lowest BCUT2D eigenvalue weighted by Gasteiger charge is -2.24. The molecular weight excluding hydrogens is 252 g/mol. The molecule has 0 heterocycles. The summed E-state index contributed by atoms with van der Waals surface area (Å²) >= 11 is 1.74. The van der Waals surface area contributed by atoms with E-state index >= 15 is 0 Å². The fourth-order valence-corrected chi connectivity index (χ4v) is 2.89. The van der Waals surface area contributed by atoms with E-state index in [4.69, 9.17) is 5.73 Å². The van der Waals surface area contributed by atoms with Crippen LogP contribution in [0.2, 0.25) is 0 Å². The first-order chi connectivity index (χ1) is 9.17. The maximum atomic E-state index is 5.93. The van der Waals surface area contributed by atoms with Gasteiger partial charge in [0.15, 0.2) is 0 Å². The van der Waals surface area contributed by atoms with E-state index in [1.54, 1.807) is 11.8 Å². The van der Waals surface area contributed by atoms with Crippen molar-refractivity contribution in [3.8, 4) is 0 Å². The van der Waals surface area contributed by atoms with Gasteiger partial charge in [-0.1, -0.05) is 18.2 Å². The van der Waals surface area contributed by atoms with E-state index in [-0.39, 0.29) is 0 Å². The van der Waals surface area contributed by atoms with Gasteiger partial charge in [0.25, 0.3) is 0 Å². The van der Waals surface area contributed by atoms with Crippen LogP contribution < -0.4 is 10.6 Å². The second-order valence-electron chi connectivity index (χ2n) is 4.56. The fraction of sp³-hybridized carbons (Fsp3) is 0.250. The Morgan fingerprint density at radius 2 is 1.89 bits per heavy atom. The Bertz CT molecular complexity index is 566. The van der Waals surface area contributed by atoms with Crippen molar-refractivity contribution in [2.45, 2.75) is 18.4 Å². The quantitative estimate of drug-likeness (QED) is 0.855. The molecule has 0 aromatic heterocycles. The van der Waals surface area contributed by atoms with Crippen molar-refractivity contribution < 1.29 is 0 Å². The molecule has 2 N–H and O–H groups in total. The van der Waals surface area contributed by atoms with E-state index in [1.807, 2.05) is 0 Å². The summed E-state index contributed by atoms with van der Waals surface area (Å²) in [4.78, 5) is 3.45. The molecule has 0 bridgehead atoms. The third kappa shape index (κ3) is 2.94. The minimum absolute atomic E-state index is 0.558. The molecule has 0 aliphatic heterocycles. The van der Waals surface area contributed by atoms with Crippen LogP contribution in [0.4, 0.5) is 11.4 Å². The third-order valence-corrected chi connectivity index (χ3v) is 4.10. The highest BCUT2D eigenvalue weighted by molar-refractivity contribution is 7.98. The number of anilines is 2. The number of thioether (sulfide) groups is 1. The van der Waals surface area contributed by atoms with E-state index < -0.39 is 0 Å². The molecule has 2 aromatic carbocycles. The Labute approximate surface area is 119 Å². The first-order valence-electron chi connectivity index (χ1n) is 6.33. The Kier molecular flexibility index (Phi) is 4.51. The van der Waals surface area contributed by atoms with Crippen molar-refractivity contribution in [2.24, 2.45) is 5.73 Å². The predicted octanol–water partition coefficient (Wildman–Crippen LogP) is 3.94. The van der Waals surface area contributed by atoms with E-state index in [0.717, 1.165) is 0 Å². The van der Waals surface area contributed by atoms with Crippen LogP contribution in [0.1, 0.15) is 11.1 Å². The zero-order valence-corrected chi connectivity index (χ0v) is 12.5. The molecule has 2 aromatic rings. The van der Waals surface area contributed by atoms with Crippen molar-refractivity contribution in [3.05, 3.63) is 53.6 Å². The number of rotatable bonds is 4. The smallest absolute Gasteiger partial charge is 0.0464 e. The van der Waals surface area contributed by atoms with Crippen LogP contribution in [0.15, 0.2) is 47.4 Å². The lowest BCUT2D eigenvalue weighted by molar-refractivity contribution is 1.01. The number of aryl methyl sites for hydroxylation is 1. The van der Waals surface area contributed by atoms with Crippen LogP contribution in [-0.2, 0) is 6.54 Å². The SMILES string of the molecule is CSc1cccc(N(C)c2cccc(C)c2)c1CN. The van der Waals surface area contributed by atoms with Crippen LogP contribution in [0.25, 0.3) is 0 Å². The average Bonchev–Trinajstić information content (AvgIpc) is 2.45. The molecule has 0 saturated carbocycles. The summed E-state index contributed by atoms with van der Waals surface area (Å²) in [6.45, 7) is 2.67. The molecule has 0 aliphatic rings. The second-order valence-corrected chi connectivity index (χ2v) is 5.41. The topological polar surface area (TPSA) is 29.3 Å². The zero-order chi connectivity index (χ0) is 13.8. The summed E-state index contributed by atoms with van der Waals surface area (Å²) in [5.74, 6) is 0. The van der Waals surface area contributed by atoms with Crippen LogP contribution in [0, 0.1) is 6.92 Å². The molecule has 100 valence electrons. The summed E-state index contributed by atoms with van der Waals surface area (Å²) in [5.41, 5.74) is 10.8. The van der Waals surface area contributed by atoms with Crippen LogP contribution in [0.5, 0.6) is 0 Å². The van der Waals surface area contributed by atoms with Crippen molar-refractivity contribution in [2.75, 3.05) is 18.2 Å². The number of benzene rings is 2. The van der Waals surface area contributed by atoms with Crippen molar-refractivity contribution >= 4 is 23.1 Å². The molecule has 3 heteroatoms. The molecule has 0 fully saturated rings. The van der Waals surface area contributed by atoms with E-state index in [2.05, 4.69) is 67.6 Å². The first-order valence-corrected chi connectivity index (χ1v) is 7.56. The van der Waals surface area contributed by atoms with Gasteiger partial charge < -0.3 is 10.6 Å². The molecule has 0 radical (unpaired) electrons. The first kappa shape index (κ1) is 14.0. The van der Waals surface area contributed by atoms with Gasteiger partial charge in [-0.15, -0.1) is 11.8 Å². The summed E-state index contributed by atoms with van der Waals surface area (Å²) in [6.07, 6.45) is 2.09. The van der Waals surface area contributed by atoms with Crippen LogP contribution >= 0.6 is 11.8 Å². The number of nitrogens with two attached hydrogens (primary N) is 1. The Morgan fingerprint density at radius 1 is 1.16 bits per heavy atom. The largest absolute Gasteiger partial charge is 0.344 e. The lowest BCUT2D eigenvalue weighted by Crippen LogP contribution is -2.14. The molecule has 0 spiro atoms. The summed E-state index contributed by atoms with van der Waals surface area (Å²) in [6, 6.07) is 14.9. The third-order valence-electron chi connectivity index (χ3n) is 3.28. The highest BCUT2D eigenvalue weighted by Crippen LogP contribution is 2.32. The normalized spacial score (nSPS) is 10.5. The summed E-state index contributed by atoms with van der Waals surface area (Å²) in [7, 11) is 2.09. The maximum absolute atomic E-state index is 5.93. The summed E-state index contributed by atoms with van der Waals surface area (Å²) < 4.78 is 0. The van der Waals surface area contributed by atoms with Gasteiger partial charge in [-0.2, -0.15) is 0 Å². The lowest BCUT2D eigenvalue weighted by atomic mass is 10.1. The molecule has 0 aliphatic carbocycles. The standard InChI is InChI=1S/C16H20N2S/c1-12-6-4-7-13(10-12)18(2)15-8-5-9-16(19-3)14(15)11-17/h4-10H,11,17H2,1-3H3. The molecule has 2 rings (SSSR count). The van der Waals surface area contributed by atoms with Gasteiger partial charge in [-0.3, -0.25) is 0 Å². The second kappa shape index (κ2) is 6.13. The minimum Gasteiger partial charge on any atom is -0.344 e. The molecule has 0 saturated heterocycles. The Balaban J connectivity index is 2.46. The molecule has 0 unspecified atom stereocenters.